The molecular weight excluding hydrogens is 374 g/mol. The molecular formula is C17H21N3O6S. The van der Waals surface area contributed by atoms with Crippen molar-refractivity contribution in [3.05, 3.63) is 41.3 Å². The summed E-state index contributed by atoms with van der Waals surface area (Å²) in [7, 11) is -3.93. The van der Waals surface area contributed by atoms with E-state index < -0.39 is 22.0 Å². The van der Waals surface area contributed by atoms with Crippen LogP contribution in [0.5, 0.6) is 0 Å². The molecule has 2 rings (SSSR count). The minimum absolute atomic E-state index is 0.0398. The van der Waals surface area contributed by atoms with Crippen LogP contribution in [0, 0.1) is 13.8 Å². The molecule has 2 N–H and O–H groups in total. The topological polar surface area (TPSA) is 128 Å². The Morgan fingerprint density at radius 2 is 1.85 bits per heavy atom. The maximum atomic E-state index is 12.4. The molecule has 0 unspecified atom stereocenters. The molecule has 0 aliphatic rings. The number of hydrogen-bond donors (Lipinski definition) is 2. The van der Waals surface area contributed by atoms with Gasteiger partial charge in [-0.25, -0.2) is 8.42 Å². The number of anilines is 1. The smallest absolute Gasteiger partial charge is 0.324 e. The first kappa shape index (κ1) is 20.6. The SMILES string of the molecule is CC(=O)Nc1ccc(S(=O)(=O)N[C@@H](C)C(=O)OCc2c(C)noc2C)cc1. The van der Waals surface area contributed by atoms with E-state index in [4.69, 9.17) is 9.26 Å². The predicted octanol–water partition coefficient (Wildman–Crippen LogP) is 1.66. The van der Waals surface area contributed by atoms with Gasteiger partial charge >= 0.3 is 5.97 Å². The molecule has 0 spiro atoms. The fourth-order valence-corrected chi connectivity index (χ4v) is 3.44. The Balaban J connectivity index is 1.99. The van der Waals surface area contributed by atoms with Crippen LogP contribution in [0.15, 0.2) is 33.7 Å². The molecule has 0 saturated carbocycles. The molecule has 0 radical (unpaired) electrons. The average molecular weight is 395 g/mol. The van der Waals surface area contributed by atoms with Gasteiger partial charge < -0.3 is 14.6 Å². The van der Waals surface area contributed by atoms with Gasteiger partial charge in [0, 0.05) is 12.6 Å². The second-order valence-corrected chi connectivity index (χ2v) is 7.67. The second kappa shape index (κ2) is 8.31. The first-order valence-corrected chi connectivity index (χ1v) is 9.57. The molecule has 0 saturated heterocycles. The van der Waals surface area contributed by atoms with E-state index >= 15 is 0 Å². The molecule has 27 heavy (non-hydrogen) atoms. The number of amides is 1. The van der Waals surface area contributed by atoms with E-state index in [1.54, 1.807) is 13.8 Å². The monoisotopic (exact) mass is 395 g/mol. The molecule has 146 valence electrons. The minimum atomic E-state index is -3.93. The molecule has 9 nitrogen and oxygen atoms in total. The van der Waals surface area contributed by atoms with Gasteiger partial charge in [0.2, 0.25) is 15.9 Å². The Bertz CT molecular complexity index is 915. The van der Waals surface area contributed by atoms with Crippen LogP contribution in [0.3, 0.4) is 0 Å². The van der Waals surface area contributed by atoms with Crippen molar-refractivity contribution in [3.8, 4) is 0 Å². The lowest BCUT2D eigenvalue weighted by molar-refractivity contribution is -0.146. The highest BCUT2D eigenvalue weighted by molar-refractivity contribution is 7.89. The van der Waals surface area contributed by atoms with Gasteiger partial charge in [-0.1, -0.05) is 5.16 Å². The highest BCUT2D eigenvalue weighted by Gasteiger charge is 2.24. The third kappa shape index (κ3) is 5.38. The van der Waals surface area contributed by atoms with Crippen molar-refractivity contribution in [1.29, 1.82) is 0 Å². The summed E-state index contributed by atoms with van der Waals surface area (Å²) in [6, 6.07) is 4.48. The van der Waals surface area contributed by atoms with Gasteiger partial charge in [-0.15, -0.1) is 0 Å². The fraction of sp³-hybridized carbons (Fsp3) is 0.353. The van der Waals surface area contributed by atoms with Crippen molar-refractivity contribution in [3.63, 3.8) is 0 Å². The maximum absolute atomic E-state index is 12.4. The molecule has 0 aliphatic carbocycles. The number of carbonyl (C=O) groups excluding carboxylic acids is 2. The molecule has 0 fully saturated rings. The zero-order chi connectivity index (χ0) is 20.2. The Labute approximate surface area is 157 Å². The lowest BCUT2D eigenvalue weighted by Gasteiger charge is -2.14. The summed E-state index contributed by atoms with van der Waals surface area (Å²) in [5.74, 6) is -0.459. The first-order chi connectivity index (χ1) is 12.6. The molecule has 1 heterocycles. The van der Waals surface area contributed by atoms with Gasteiger partial charge in [-0.3, -0.25) is 9.59 Å². The van der Waals surface area contributed by atoms with Crippen LogP contribution < -0.4 is 10.0 Å². The molecule has 1 aromatic heterocycles. The van der Waals surface area contributed by atoms with Crippen LogP contribution in [-0.4, -0.2) is 31.5 Å². The number of rotatable bonds is 7. The summed E-state index contributed by atoms with van der Waals surface area (Å²) < 4.78 is 37.2. The number of esters is 1. The summed E-state index contributed by atoms with van der Waals surface area (Å²) in [4.78, 5) is 23.1. The van der Waals surface area contributed by atoms with Crippen molar-refractivity contribution < 1.29 is 27.3 Å². The van der Waals surface area contributed by atoms with Gasteiger partial charge in [0.15, 0.2) is 0 Å². The Morgan fingerprint density at radius 3 is 2.37 bits per heavy atom. The van der Waals surface area contributed by atoms with Crippen molar-refractivity contribution in [2.45, 2.75) is 45.2 Å². The van der Waals surface area contributed by atoms with Gasteiger partial charge in [0.1, 0.15) is 18.4 Å². The molecule has 1 amide bonds. The second-order valence-electron chi connectivity index (χ2n) is 5.96. The number of benzene rings is 1. The zero-order valence-electron chi connectivity index (χ0n) is 15.4. The fourth-order valence-electron chi connectivity index (χ4n) is 2.25. The van der Waals surface area contributed by atoms with Crippen LogP contribution in [0.4, 0.5) is 5.69 Å². The first-order valence-electron chi connectivity index (χ1n) is 8.08. The average Bonchev–Trinajstić information content (AvgIpc) is 2.90. The van der Waals surface area contributed by atoms with Crippen LogP contribution in [-0.2, 0) is 31.0 Å². The van der Waals surface area contributed by atoms with Crippen LogP contribution in [0.2, 0.25) is 0 Å². The molecule has 10 heteroatoms. The predicted molar refractivity (Wildman–Crippen MR) is 96.3 cm³/mol. The molecule has 0 aliphatic heterocycles. The summed E-state index contributed by atoms with van der Waals surface area (Å²) >= 11 is 0. The van der Waals surface area contributed by atoms with Gasteiger partial charge in [-0.05, 0) is 45.0 Å². The van der Waals surface area contributed by atoms with Crippen molar-refractivity contribution >= 4 is 27.6 Å². The summed E-state index contributed by atoms with van der Waals surface area (Å²) in [6.07, 6.45) is 0. The number of nitrogens with zero attached hydrogens (tertiary/aromatic N) is 1. The molecule has 0 bridgehead atoms. The highest BCUT2D eigenvalue weighted by atomic mass is 32.2. The van der Waals surface area contributed by atoms with Gasteiger partial charge in [0.25, 0.3) is 0 Å². The highest BCUT2D eigenvalue weighted by Crippen LogP contribution is 2.16. The summed E-state index contributed by atoms with van der Waals surface area (Å²) in [5, 5.41) is 6.30. The third-order valence-corrected chi connectivity index (χ3v) is 5.27. The van der Waals surface area contributed by atoms with Crippen LogP contribution >= 0.6 is 0 Å². The number of hydrogen-bond acceptors (Lipinski definition) is 7. The standard InChI is InChI=1S/C17H21N3O6S/c1-10-16(12(3)26-19-10)9-25-17(22)11(2)20-27(23,24)15-7-5-14(6-8-15)18-13(4)21/h5-8,11,20H,9H2,1-4H3,(H,18,21)/t11-/m0/s1. The van der Waals surface area contributed by atoms with Crippen LogP contribution in [0.25, 0.3) is 0 Å². The van der Waals surface area contributed by atoms with E-state index in [-0.39, 0.29) is 17.4 Å². The van der Waals surface area contributed by atoms with E-state index in [9.17, 15) is 18.0 Å². The van der Waals surface area contributed by atoms with E-state index in [2.05, 4.69) is 15.2 Å². The summed E-state index contributed by atoms with van der Waals surface area (Å²) in [5.41, 5.74) is 1.72. The Morgan fingerprint density at radius 1 is 1.22 bits per heavy atom. The maximum Gasteiger partial charge on any atom is 0.324 e. The van der Waals surface area contributed by atoms with Crippen molar-refractivity contribution in [2.24, 2.45) is 0 Å². The lowest BCUT2D eigenvalue weighted by atomic mass is 10.2. The minimum Gasteiger partial charge on any atom is -0.459 e. The lowest BCUT2D eigenvalue weighted by Crippen LogP contribution is -2.39. The number of aryl methyl sites for hydroxylation is 2. The van der Waals surface area contributed by atoms with E-state index in [1.165, 1.54) is 38.1 Å². The molecule has 1 aromatic carbocycles. The number of nitrogens with one attached hydrogen (secondary N) is 2. The number of sulfonamides is 1. The Kier molecular flexibility index (Phi) is 6.34. The Hall–Kier alpha value is -2.72. The zero-order valence-corrected chi connectivity index (χ0v) is 16.2. The normalized spacial score (nSPS) is 12.4. The number of carbonyl (C=O) groups is 2. The summed E-state index contributed by atoms with van der Waals surface area (Å²) in [6.45, 7) is 6.09. The quantitative estimate of drug-likeness (QED) is 0.682. The van der Waals surface area contributed by atoms with E-state index in [0.717, 1.165) is 0 Å². The van der Waals surface area contributed by atoms with Crippen LogP contribution in [0.1, 0.15) is 30.9 Å². The number of aromatic nitrogens is 1. The van der Waals surface area contributed by atoms with Crippen molar-refractivity contribution in [2.75, 3.05) is 5.32 Å². The van der Waals surface area contributed by atoms with Gasteiger partial charge in [-0.2, -0.15) is 4.72 Å². The van der Waals surface area contributed by atoms with E-state index in [1.807, 2.05) is 0 Å². The number of ether oxygens (including phenoxy) is 1. The third-order valence-electron chi connectivity index (χ3n) is 3.71. The van der Waals surface area contributed by atoms with Gasteiger partial charge in [0.05, 0.1) is 16.2 Å². The molecule has 2 aromatic rings. The van der Waals surface area contributed by atoms with E-state index in [0.29, 0.717) is 22.7 Å². The largest absolute Gasteiger partial charge is 0.459 e. The molecule has 1 atom stereocenters. The van der Waals surface area contributed by atoms with Crippen molar-refractivity contribution in [1.82, 2.24) is 9.88 Å².